The Kier molecular flexibility index (Phi) is 6.49. The van der Waals surface area contributed by atoms with Crippen molar-refractivity contribution in [1.82, 2.24) is 0 Å². The summed E-state index contributed by atoms with van der Waals surface area (Å²) in [5, 5.41) is 10.0. The molecule has 1 aromatic carbocycles. The predicted molar refractivity (Wildman–Crippen MR) is 104 cm³/mol. The molecule has 10 heteroatoms. The van der Waals surface area contributed by atoms with Crippen molar-refractivity contribution in [2.24, 2.45) is 5.73 Å². The monoisotopic (exact) mass is 441 g/mol. The number of hydrogen-bond acceptors (Lipinski definition) is 8. The van der Waals surface area contributed by atoms with Crippen LogP contribution in [0, 0.1) is 0 Å². The van der Waals surface area contributed by atoms with Gasteiger partial charge < -0.3 is 29.5 Å². The molecule has 1 atom stereocenters. The minimum absolute atomic E-state index is 0.0139. The van der Waals surface area contributed by atoms with Crippen LogP contribution in [0.1, 0.15) is 23.0 Å². The van der Waals surface area contributed by atoms with Crippen LogP contribution in [-0.2, 0) is 20.9 Å². The Morgan fingerprint density at radius 1 is 1.28 bits per heavy atom. The van der Waals surface area contributed by atoms with Gasteiger partial charge >= 0.3 is 5.97 Å². The third-order valence-electron chi connectivity index (χ3n) is 4.18. The Morgan fingerprint density at radius 3 is 2.69 bits per heavy atom. The molecule has 1 aliphatic rings. The number of rotatable bonds is 6. The van der Waals surface area contributed by atoms with Crippen molar-refractivity contribution in [2.75, 3.05) is 20.3 Å². The number of ether oxygens (including phenoxy) is 3. The molecule has 3 N–H and O–H groups in total. The molecule has 0 bridgehead atoms. The third-order valence-corrected chi connectivity index (χ3v) is 4.74. The van der Waals surface area contributed by atoms with E-state index in [1.807, 2.05) is 0 Å². The number of benzene rings is 1. The van der Waals surface area contributed by atoms with E-state index in [1.165, 1.54) is 13.2 Å². The van der Waals surface area contributed by atoms with Gasteiger partial charge in [-0.15, -0.1) is 0 Å². The maximum Gasteiger partial charge on any atom is 0.340 e. The molecule has 0 spiro atoms. The molecule has 1 aliphatic heterocycles. The van der Waals surface area contributed by atoms with Crippen LogP contribution in [0.4, 0.5) is 0 Å². The fourth-order valence-electron chi connectivity index (χ4n) is 2.90. The first-order chi connectivity index (χ1) is 13.9. The van der Waals surface area contributed by atoms with E-state index in [1.54, 1.807) is 12.1 Å². The van der Waals surface area contributed by atoms with E-state index in [0.29, 0.717) is 10.6 Å². The summed E-state index contributed by atoms with van der Waals surface area (Å²) < 4.78 is 21.1. The predicted octanol–water partition coefficient (Wildman–Crippen LogP) is 2.32. The van der Waals surface area contributed by atoms with Crippen LogP contribution in [0.5, 0.6) is 5.75 Å². The molecule has 29 heavy (non-hydrogen) atoms. The van der Waals surface area contributed by atoms with Crippen molar-refractivity contribution in [3.8, 4) is 5.75 Å². The van der Waals surface area contributed by atoms with Crippen molar-refractivity contribution < 1.29 is 28.5 Å². The number of carbonyl (C=O) groups excluding carboxylic acids is 1. The molecule has 0 amide bonds. The topological polar surface area (TPSA) is 121 Å². The summed E-state index contributed by atoms with van der Waals surface area (Å²) >= 11 is 12.3. The van der Waals surface area contributed by atoms with Crippen LogP contribution < -0.4 is 15.9 Å². The van der Waals surface area contributed by atoms with Crippen LogP contribution in [0.3, 0.4) is 0 Å². The lowest BCUT2D eigenvalue weighted by molar-refractivity contribution is -0.140. The standard InChI is InChI=1S/C19H17Cl2NO7/c1-26-4-5-27-19(25)15-14(11-3-2-9(20)6-12(11)21)17-16(29-18(15)22)13(24)7-10(8-23)28-17/h2-3,6-7,14,23H,4-5,8,22H2,1H3. The van der Waals surface area contributed by atoms with Gasteiger partial charge in [0.25, 0.3) is 0 Å². The van der Waals surface area contributed by atoms with Crippen molar-refractivity contribution in [3.05, 3.63) is 73.1 Å². The van der Waals surface area contributed by atoms with Crippen molar-refractivity contribution in [3.63, 3.8) is 0 Å². The summed E-state index contributed by atoms with van der Waals surface area (Å²) in [6.45, 7) is -0.385. The van der Waals surface area contributed by atoms with Crippen LogP contribution in [0.15, 0.2) is 44.9 Å². The Labute approximate surface area is 175 Å². The molecule has 0 aliphatic carbocycles. The van der Waals surface area contributed by atoms with Crippen LogP contribution in [0.25, 0.3) is 0 Å². The maximum absolute atomic E-state index is 12.8. The highest BCUT2D eigenvalue weighted by Crippen LogP contribution is 2.44. The van der Waals surface area contributed by atoms with Gasteiger partial charge in [-0.2, -0.15) is 0 Å². The van der Waals surface area contributed by atoms with Gasteiger partial charge in [0.15, 0.2) is 5.76 Å². The molecule has 154 valence electrons. The second-order valence-corrected chi connectivity index (χ2v) is 6.88. The number of fused-ring (bicyclic) bond motifs is 1. The SMILES string of the molecule is COCCOC(=O)C1=C(N)Oc2c(oc(CO)cc2=O)C1c1ccc(Cl)cc1Cl. The second-order valence-electron chi connectivity index (χ2n) is 6.04. The molecule has 3 rings (SSSR count). The molecule has 2 aromatic rings. The Balaban J connectivity index is 2.20. The van der Waals surface area contributed by atoms with E-state index in [0.717, 1.165) is 6.07 Å². The van der Waals surface area contributed by atoms with Crippen molar-refractivity contribution >= 4 is 29.2 Å². The average molecular weight is 442 g/mol. The molecule has 1 aromatic heterocycles. The highest BCUT2D eigenvalue weighted by Gasteiger charge is 2.40. The molecular formula is C19H17Cl2NO7. The van der Waals surface area contributed by atoms with Gasteiger partial charge in [0.05, 0.1) is 12.5 Å². The van der Waals surface area contributed by atoms with Gasteiger partial charge in [-0.25, -0.2) is 4.79 Å². The zero-order valence-electron chi connectivity index (χ0n) is 15.2. The minimum atomic E-state index is -1.02. The summed E-state index contributed by atoms with van der Waals surface area (Å²) in [5.41, 5.74) is 5.69. The summed E-state index contributed by atoms with van der Waals surface area (Å²) in [6.07, 6.45) is 0. The highest BCUT2D eigenvalue weighted by molar-refractivity contribution is 6.35. The fourth-order valence-corrected chi connectivity index (χ4v) is 3.42. The third kappa shape index (κ3) is 4.25. The van der Waals surface area contributed by atoms with E-state index in [9.17, 15) is 14.7 Å². The molecule has 1 unspecified atom stereocenters. The number of aliphatic hydroxyl groups is 1. The molecule has 2 heterocycles. The quantitative estimate of drug-likeness (QED) is 0.517. The second kappa shape index (κ2) is 8.87. The number of halogens is 2. The lowest BCUT2D eigenvalue weighted by atomic mass is 9.86. The zero-order chi connectivity index (χ0) is 21.1. The van der Waals surface area contributed by atoms with Gasteiger partial charge in [0.1, 0.15) is 24.5 Å². The first-order valence-electron chi connectivity index (χ1n) is 8.43. The van der Waals surface area contributed by atoms with E-state index in [2.05, 4.69) is 0 Å². The summed E-state index contributed by atoms with van der Waals surface area (Å²) in [5.74, 6) is -2.38. The van der Waals surface area contributed by atoms with Crippen LogP contribution >= 0.6 is 23.2 Å². The molecule has 0 saturated heterocycles. The van der Waals surface area contributed by atoms with E-state index in [4.69, 9.17) is 47.6 Å². The lowest BCUT2D eigenvalue weighted by Gasteiger charge is -2.27. The summed E-state index contributed by atoms with van der Waals surface area (Å²) in [7, 11) is 1.46. The fraction of sp³-hybridized carbons (Fsp3) is 0.263. The Bertz CT molecular complexity index is 1030. The summed E-state index contributed by atoms with van der Waals surface area (Å²) in [6, 6.07) is 5.70. The van der Waals surface area contributed by atoms with Crippen molar-refractivity contribution in [1.29, 1.82) is 0 Å². The van der Waals surface area contributed by atoms with Gasteiger partial charge in [0, 0.05) is 23.2 Å². The normalized spacial score (nSPS) is 15.7. The van der Waals surface area contributed by atoms with Crippen LogP contribution in [0.2, 0.25) is 10.0 Å². The zero-order valence-corrected chi connectivity index (χ0v) is 16.7. The first-order valence-corrected chi connectivity index (χ1v) is 9.19. The van der Waals surface area contributed by atoms with Gasteiger partial charge in [-0.3, -0.25) is 4.79 Å². The average Bonchev–Trinajstić information content (AvgIpc) is 2.68. The largest absolute Gasteiger partial charge is 0.460 e. The first kappa shape index (κ1) is 21.2. The molecule has 0 saturated carbocycles. The van der Waals surface area contributed by atoms with Gasteiger partial charge in [-0.05, 0) is 17.7 Å². The highest BCUT2D eigenvalue weighted by atomic mass is 35.5. The van der Waals surface area contributed by atoms with E-state index >= 15 is 0 Å². The molecule has 0 radical (unpaired) electrons. The molecular weight excluding hydrogens is 425 g/mol. The molecule has 0 fully saturated rings. The number of methoxy groups -OCH3 is 1. The number of aliphatic hydroxyl groups excluding tert-OH is 1. The van der Waals surface area contributed by atoms with Crippen molar-refractivity contribution in [2.45, 2.75) is 12.5 Å². The van der Waals surface area contributed by atoms with E-state index < -0.39 is 23.9 Å². The number of esters is 1. The van der Waals surface area contributed by atoms with Gasteiger partial charge in [-0.1, -0.05) is 29.3 Å². The van der Waals surface area contributed by atoms with E-state index in [-0.39, 0.29) is 47.0 Å². The molecule has 8 nitrogen and oxygen atoms in total. The Morgan fingerprint density at radius 2 is 2.03 bits per heavy atom. The number of nitrogens with two attached hydrogens (primary N) is 1. The lowest BCUT2D eigenvalue weighted by Crippen LogP contribution is -2.30. The Hall–Kier alpha value is -2.52. The van der Waals surface area contributed by atoms with Crippen LogP contribution in [-0.4, -0.2) is 31.4 Å². The maximum atomic E-state index is 12.8. The smallest absolute Gasteiger partial charge is 0.340 e. The number of carbonyl (C=O) groups is 1. The summed E-state index contributed by atoms with van der Waals surface area (Å²) in [4.78, 5) is 25.2. The minimum Gasteiger partial charge on any atom is -0.460 e. The van der Waals surface area contributed by atoms with Gasteiger partial charge in [0.2, 0.25) is 17.1 Å². The number of hydrogen-bond donors (Lipinski definition) is 2.